The molecule has 0 spiro atoms. The van der Waals surface area contributed by atoms with E-state index in [9.17, 15) is 9.59 Å². The van der Waals surface area contributed by atoms with Crippen LogP contribution < -0.4 is 10.1 Å². The number of hydrogen-bond acceptors (Lipinski definition) is 3. The number of carbonyl (C=O) groups excluding carboxylic acids is 2. The molecule has 1 saturated heterocycles. The summed E-state index contributed by atoms with van der Waals surface area (Å²) in [5.41, 5.74) is 0.339. The van der Waals surface area contributed by atoms with E-state index in [1.165, 1.54) is 0 Å². The Bertz CT molecular complexity index is 528. The molecule has 1 unspecified atom stereocenters. The van der Waals surface area contributed by atoms with Crippen molar-refractivity contribution < 1.29 is 14.3 Å². The van der Waals surface area contributed by atoms with Crippen molar-refractivity contribution in [2.75, 3.05) is 6.54 Å². The standard InChI is InChI=1S/C14H16N2O3/c1-14(2)12(17)15-13(18)16(14)8-10-7-9-5-3-4-6-11(9)19-10/h3-6,10H,7-8H2,1-2H3,(H,15,17,18). The highest BCUT2D eigenvalue weighted by Crippen LogP contribution is 2.30. The average molecular weight is 260 g/mol. The molecule has 5 heteroatoms. The van der Waals surface area contributed by atoms with Crippen LogP contribution in [0.3, 0.4) is 0 Å². The van der Waals surface area contributed by atoms with Crippen LogP contribution in [0.2, 0.25) is 0 Å². The summed E-state index contributed by atoms with van der Waals surface area (Å²) < 4.78 is 5.81. The molecule has 3 rings (SSSR count). The van der Waals surface area contributed by atoms with Crippen LogP contribution in [0.1, 0.15) is 19.4 Å². The van der Waals surface area contributed by atoms with Crippen molar-refractivity contribution in [1.82, 2.24) is 10.2 Å². The van der Waals surface area contributed by atoms with Crippen molar-refractivity contribution in [2.24, 2.45) is 0 Å². The fourth-order valence-electron chi connectivity index (χ4n) is 2.56. The number of benzene rings is 1. The second-order valence-electron chi connectivity index (χ2n) is 5.48. The van der Waals surface area contributed by atoms with E-state index in [1.54, 1.807) is 18.7 Å². The maximum absolute atomic E-state index is 11.8. The van der Waals surface area contributed by atoms with E-state index >= 15 is 0 Å². The van der Waals surface area contributed by atoms with Gasteiger partial charge in [-0.15, -0.1) is 0 Å². The third-order valence-electron chi connectivity index (χ3n) is 3.80. The predicted molar refractivity (Wildman–Crippen MR) is 68.9 cm³/mol. The lowest BCUT2D eigenvalue weighted by Gasteiger charge is -2.29. The molecule has 2 heterocycles. The smallest absolute Gasteiger partial charge is 0.325 e. The van der Waals surface area contributed by atoms with Crippen molar-refractivity contribution in [3.63, 3.8) is 0 Å². The van der Waals surface area contributed by atoms with E-state index in [4.69, 9.17) is 4.74 Å². The fraction of sp³-hybridized carbons (Fsp3) is 0.429. The van der Waals surface area contributed by atoms with E-state index in [1.807, 2.05) is 24.3 Å². The Balaban J connectivity index is 1.74. The molecule has 2 aliphatic heterocycles. The first kappa shape index (κ1) is 12.0. The maximum atomic E-state index is 11.8. The third kappa shape index (κ3) is 1.85. The van der Waals surface area contributed by atoms with E-state index in [0.29, 0.717) is 6.54 Å². The van der Waals surface area contributed by atoms with Crippen molar-refractivity contribution in [3.05, 3.63) is 29.8 Å². The summed E-state index contributed by atoms with van der Waals surface area (Å²) in [6.45, 7) is 3.91. The summed E-state index contributed by atoms with van der Waals surface area (Å²) in [7, 11) is 0. The molecule has 5 nitrogen and oxygen atoms in total. The zero-order chi connectivity index (χ0) is 13.6. The molecule has 3 amide bonds. The molecule has 2 aliphatic rings. The van der Waals surface area contributed by atoms with Crippen LogP contribution in [0.5, 0.6) is 5.75 Å². The van der Waals surface area contributed by atoms with Gasteiger partial charge in [0.15, 0.2) is 0 Å². The van der Waals surface area contributed by atoms with Gasteiger partial charge < -0.3 is 9.64 Å². The molecule has 1 aromatic carbocycles. The molecular weight excluding hydrogens is 244 g/mol. The number of nitrogens with zero attached hydrogens (tertiary/aromatic N) is 1. The van der Waals surface area contributed by atoms with Crippen LogP contribution in [-0.2, 0) is 11.2 Å². The van der Waals surface area contributed by atoms with Crippen molar-refractivity contribution in [2.45, 2.75) is 31.9 Å². The van der Waals surface area contributed by atoms with Crippen LogP contribution in [0.4, 0.5) is 4.79 Å². The molecule has 100 valence electrons. The number of fused-ring (bicyclic) bond motifs is 1. The Morgan fingerprint density at radius 1 is 1.37 bits per heavy atom. The lowest BCUT2D eigenvalue weighted by atomic mass is 10.0. The van der Waals surface area contributed by atoms with Gasteiger partial charge in [-0.05, 0) is 25.5 Å². The number of para-hydroxylation sites is 1. The lowest BCUT2D eigenvalue weighted by Crippen LogP contribution is -2.48. The van der Waals surface area contributed by atoms with Gasteiger partial charge in [-0.1, -0.05) is 18.2 Å². The van der Waals surface area contributed by atoms with Crippen molar-refractivity contribution in [3.8, 4) is 5.75 Å². The Hall–Kier alpha value is -2.04. The zero-order valence-corrected chi connectivity index (χ0v) is 11.0. The Labute approximate surface area is 111 Å². The first-order valence-corrected chi connectivity index (χ1v) is 6.36. The minimum absolute atomic E-state index is 0.0895. The highest BCUT2D eigenvalue weighted by molar-refractivity contribution is 6.06. The number of imide groups is 1. The first-order valence-electron chi connectivity index (χ1n) is 6.36. The number of ether oxygens (including phenoxy) is 1. The molecule has 0 bridgehead atoms. The molecule has 0 aliphatic carbocycles. The summed E-state index contributed by atoms with van der Waals surface area (Å²) in [6.07, 6.45) is 0.679. The van der Waals surface area contributed by atoms with E-state index in [-0.39, 0.29) is 18.0 Å². The molecular formula is C14H16N2O3. The van der Waals surface area contributed by atoms with Gasteiger partial charge in [-0.2, -0.15) is 0 Å². The summed E-state index contributed by atoms with van der Waals surface area (Å²) in [6, 6.07) is 7.51. The highest BCUT2D eigenvalue weighted by Gasteiger charge is 2.46. The second kappa shape index (κ2) is 3.98. The topological polar surface area (TPSA) is 58.6 Å². The molecule has 0 radical (unpaired) electrons. The Morgan fingerprint density at radius 3 is 2.74 bits per heavy atom. The quantitative estimate of drug-likeness (QED) is 0.816. The normalized spacial score (nSPS) is 24.1. The van der Waals surface area contributed by atoms with Crippen LogP contribution in [0.25, 0.3) is 0 Å². The predicted octanol–water partition coefficient (Wildman–Crippen LogP) is 1.32. The Kier molecular flexibility index (Phi) is 2.52. The van der Waals surface area contributed by atoms with E-state index < -0.39 is 5.54 Å². The van der Waals surface area contributed by atoms with Crippen LogP contribution in [-0.4, -0.2) is 35.0 Å². The molecule has 1 fully saturated rings. The van der Waals surface area contributed by atoms with Gasteiger partial charge >= 0.3 is 6.03 Å². The average Bonchev–Trinajstić information content (AvgIpc) is 2.84. The number of urea groups is 1. The Morgan fingerprint density at radius 2 is 2.11 bits per heavy atom. The molecule has 19 heavy (non-hydrogen) atoms. The molecule has 1 aromatic rings. The number of rotatable bonds is 2. The highest BCUT2D eigenvalue weighted by atomic mass is 16.5. The molecule has 1 atom stereocenters. The largest absolute Gasteiger partial charge is 0.488 e. The summed E-state index contributed by atoms with van der Waals surface area (Å²) >= 11 is 0. The van der Waals surface area contributed by atoms with E-state index in [0.717, 1.165) is 17.7 Å². The lowest BCUT2D eigenvalue weighted by molar-refractivity contribution is -0.125. The van der Waals surface area contributed by atoms with Crippen LogP contribution >= 0.6 is 0 Å². The van der Waals surface area contributed by atoms with Crippen molar-refractivity contribution in [1.29, 1.82) is 0 Å². The monoisotopic (exact) mass is 260 g/mol. The SMILES string of the molecule is CC1(C)C(=O)NC(=O)N1CC1Cc2ccccc2O1. The molecule has 1 N–H and O–H groups in total. The number of amides is 3. The second-order valence-corrected chi connectivity index (χ2v) is 5.48. The van der Waals surface area contributed by atoms with Gasteiger partial charge in [0.1, 0.15) is 17.4 Å². The zero-order valence-electron chi connectivity index (χ0n) is 11.0. The number of hydrogen-bond donors (Lipinski definition) is 1. The minimum atomic E-state index is -0.810. The van der Waals surface area contributed by atoms with E-state index in [2.05, 4.69) is 5.32 Å². The van der Waals surface area contributed by atoms with Gasteiger partial charge in [0.05, 0.1) is 6.54 Å². The number of carbonyl (C=O) groups is 2. The van der Waals surface area contributed by atoms with Gasteiger partial charge in [-0.25, -0.2) is 4.79 Å². The van der Waals surface area contributed by atoms with Crippen LogP contribution in [0, 0.1) is 0 Å². The molecule has 0 saturated carbocycles. The van der Waals surface area contributed by atoms with Gasteiger partial charge in [0, 0.05) is 6.42 Å². The summed E-state index contributed by atoms with van der Waals surface area (Å²) in [5.74, 6) is 0.615. The molecule has 0 aromatic heterocycles. The first-order chi connectivity index (χ1) is 8.98. The third-order valence-corrected chi connectivity index (χ3v) is 3.80. The van der Waals surface area contributed by atoms with Gasteiger partial charge in [0.2, 0.25) is 0 Å². The summed E-state index contributed by atoms with van der Waals surface area (Å²) in [4.78, 5) is 25.0. The van der Waals surface area contributed by atoms with Crippen LogP contribution in [0.15, 0.2) is 24.3 Å². The van der Waals surface area contributed by atoms with Gasteiger partial charge in [0.25, 0.3) is 5.91 Å². The van der Waals surface area contributed by atoms with Gasteiger partial charge in [-0.3, -0.25) is 10.1 Å². The minimum Gasteiger partial charge on any atom is -0.488 e. The summed E-state index contributed by atoms with van der Waals surface area (Å²) in [5, 5.41) is 2.34. The fourth-order valence-corrected chi connectivity index (χ4v) is 2.56. The van der Waals surface area contributed by atoms with Crippen molar-refractivity contribution >= 4 is 11.9 Å². The maximum Gasteiger partial charge on any atom is 0.325 e. The number of nitrogens with one attached hydrogen (secondary N) is 1.